The summed E-state index contributed by atoms with van der Waals surface area (Å²) in [5, 5.41) is 17.9. The number of nitrogens with one attached hydrogen (secondary N) is 1. The van der Waals surface area contributed by atoms with E-state index in [1.165, 1.54) is 45.5 Å². The van der Waals surface area contributed by atoms with Crippen molar-refractivity contribution in [1.29, 1.82) is 0 Å². The van der Waals surface area contributed by atoms with Crippen LogP contribution in [0.1, 0.15) is 23.8 Å². The quantitative estimate of drug-likeness (QED) is 0.195. The van der Waals surface area contributed by atoms with Crippen LogP contribution < -0.4 is 5.32 Å². The van der Waals surface area contributed by atoms with E-state index in [9.17, 15) is 4.79 Å². The topological polar surface area (TPSA) is 72.7 Å². The van der Waals surface area contributed by atoms with Gasteiger partial charge in [0, 0.05) is 38.3 Å². The number of nitrogens with zero attached hydrogens (tertiary/aromatic N) is 4. The zero-order valence-electron chi connectivity index (χ0n) is 19.2. The molecule has 1 N–H and O–H groups in total. The Morgan fingerprint density at radius 2 is 2.11 bits per heavy atom. The summed E-state index contributed by atoms with van der Waals surface area (Å²) in [5.41, 5.74) is 4.33. The summed E-state index contributed by atoms with van der Waals surface area (Å²) < 4.78 is 2.05. The number of fused-ring (bicyclic) bond motifs is 1. The number of carbonyl (C=O) groups excluding carboxylic acids is 1. The monoisotopic (exact) mass is 541 g/mol. The molecule has 4 aromatic rings. The summed E-state index contributed by atoms with van der Waals surface area (Å²) >= 11 is 10.5. The van der Waals surface area contributed by atoms with Crippen molar-refractivity contribution >= 4 is 57.1 Å². The van der Waals surface area contributed by atoms with Gasteiger partial charge in [-0.3, -0.25) is 9.36 Å². The van der Waals surface area contributed by atoms with E-state index in [0.29, 0.717) is 21.9 Å². The van der Waals surface area contributed by atoms with Crippen molar-refractivity contribution < 1.29 is 4.79 Å². The first kappa shape index (κ1) is 24.2. The van der Waals surface area contributed by atoms with Crippen molar-refractivity contribution in [3.63, 3.8) is 0 Å². The fraction of sp³-hybridized carbons (Fsp3) is 0.280. The number of aromatic nitrogens is 4. The lowest BCUT2D eigenvalue weighted by molar-refractivity contribution is -0.113. The summed E-state index contributed by atoms with van der Waals surface area (Å²) in [6, 6.07) is 7.47. The second kappa shape index (κ2) is 10.7. The number of amides is 1. The maximum absolute atomic E-state index is 12.6. The highest BCUT2D eigenvalue weighted by Gasteiger charge is 2.24. The molecule has 10 heteroatoms. The van der Waals surface area contributed by atoms with Crippen molar-refractivity contribution in [2.75, 3.05) is 11.1 Å². The maximum atomic E-state index is 12.6. The van der Waals surface area contributed by atoms with E-state index < -0.39 is 0 Å². The number of allylic oxidation sites excluding steroid dienone is 1. The van der Waals surface area contributed by atoms with Crippen molar-refractivity contribution in [3.8, 4) is 22.6 Å². The fourth-order valence-electron chi connectivity index (χ4n) is 4.12. The molecule has 1 atom stereocenters. The zero-order chi connectivity index (χ0) is 24.4. The Morgan fingerprint density at radius 3 is 2.91 bits per heavy atom. The van der Waals surface area contributed by atoms with E-state index in [0.717, 1.165) is 35.8 Å². The van der Waals surface area contributed by atoms with Crippen LogP contribution in [0, 0.1) is 5.92 Å². The molecule has 3 aromatic heterocycles. The van der Waals surface area contributed by atoms with Gasteiger partial charge in [0.1, 0.15) is 0 Å². The van der Waals surface area contributed by atoms with E-state index in [4.69, 9.17) is 11.6 Å². The lowest BCUT2D eigenvalue weighted by Gasteiger charge is -2.19. The van der Waals surface area contributed by atoms with Crippen molar-refractivity contribution in [1.82, 2.24) is 19.7 Å². The Labute approximate surface area is 221 Å². The smallest absolute Gasteiger partial charge is 0.236 e. The van der Waals surface area contributed by atoms with Gasteiger partial charge >= 0.3 is 0 Å². The second-order valence-electron chi connectivity index (χ2n) is 8.49. The van der Waals surface area contributed by atoms with Crippen LogP contribution in [-0.2, 0) is 24.2 Å². The molecule has 5 rings (SSSR count). The molecule has 1 aliphatic carbocycles. The molecule has 0 saturated heterocycles. The molecule has 0 radical (unpaired) electrons. The molecule has 0 spiro atoms. The van der Waals surface area contributed by atoms with Crippen LogP contribution in [0.15, 0.2) is 52.8 Å². The molecular weight excluding hydrogens is 518 g/mol. The molecule has 35 heavy (non-hydrogen) atoms. The van der Waals surface area contributed by atoms with Crippen LogP contribution in [0.25, 0.3) is 22.6 Å². The van der Waals surface area contributed by atoms with Gasteiger partial charge in [-0.05, 0) is 42.9 Å². The van der Waals surface area contributed by atoms with Gasteiger partial charge in [0.05, 0.1) is 11.4 Å². The van der Waals surface area contributed by atoms with Crippen molar-refractivity contribution in [2.24, 2.45) is 5.92 Å². The van der Waals surface area contributed by atoms with Crippen LogP contribution in [-0.4, -0.2) is 31.4 Å². The second-order valence-corrected chi connectivity index (χ2v) is 11.7. The summed E-state index contributed by atoms with van der Waals surface area (Å²) in [5.74, 6) is 1.66. The highest BCUT2D eigenvalue weighted by Crippen LogP contribution is 2.38. The summed E-state index contributed by atoms with van der Waals surface area (Å²) in [7, 11) is 0. The molecule has 180 valence electrons. The summed E-state index contributed by atoms with van der Waals surface area (Å²) in [6.45, 7) is 6.80. The first-order valence-corrected chi connectivity index (χ1v) is 14.4. The molecular formula is C25H24ClN5OS3. The maximum Gasteiger partial charge on any atom is 0.236 e. The average molecular weight is 542 g/mol. The number of benzene rings is 1. The molecule has 1 aromatic carbocycles. The number of thiophene rings is 1. The van der Waals surface area contributed by atoms with Gasteiger partial charge in [-0.25, -0.2) is 4.98 Å². The van der Waals surface area contributed by atoms with Crippen LogP contribution in [0.2, 0.25) is 5.02 Å². The molecule has 0 aliphatic heterocycles. The van der Waals surface area contributed by atoms with Gasteiger partial charge in [-0.1, -0.05) is 48.5 Å². The normalized spacial score (nSPS) is 15.1. The van der Waals surface area contributed by atoms with Crippen molar-refractivity contribution in [3.05, 3.63) is 63.1 Å². The van der Waals surface area contributed by atoms with E-state index in [1.54, 1.807) is 0 Å². The van der Waals surface area contributed by atoms with Gasteiger partial charge in [0.2, 0.25) is 5.91 Å². The Morgan fingerprint density at radius 1 is 1.29 bits per heavy atom. The minimum Gasteiger partial charge on any atom is -0.301 e. The number of anilines is 1. The van der Waals surface area contributed by atoms with E-state index in [1.807, 2.05) is 51.6 Å². The lowest BCUT2D eigenvalue weighted by Crippen LogP contribution is -2.14. The first-order chi connectivity index (χ1) is 17.0. The molecule has 1 unspecified atom stereocenters. The van der Waals surface area contributed by atoms with Gasteiger partial charge < -0.3 is 5.32 Å². The number of thioether (sulfide) groups is 1. The minimum absolute atomic E-state index is 0.136. The molecule has 3 heterocycles. The lowest BCUT2D eigenvalue weighted by atomic mass is 9.88. The molecule has 0 bridgehead atoms. The number of halogens is 1. The van der Waals surface area contributed by atoms with Gasteiger partial charge in [0.15, 0.2) is 16.1 Å². The Bertz CT molecular complexity index is 1360. The van der Waals surface area contributed by atoms with Crippen LogP contribution >= 0.6 is 46.0 Å². The standard InChI is InChI=1S/C25H24ClN5OS3/c1-3-10-31-23(19-12-33-21-11-15(2)4-9-18(19)21)29-30-25(31)35-14-22(32)28-24-27-20(13-34-24)16-5-7-17(26)8-6-16/h3,5-8,12-13,15H,1,4,9-11,14H2,2H3,(H,27,28,32). The van der Waals surface area contributed by atoms with E-state index >= 15 is 0 Å². The van der Waals surface area contributed by atoms with E-state index in [-0.39, 0.29) is 11.7 Å². The van der Waals surface area contributed by atoms with Crippen LogP contribution in [0.5, 0.6) is 0 Å². The third-order valence-electron chi connectivity index (χ3n) is 5.89. The summed E-state index contributed by atoms with van der Waals surface area (Å²) in [4.78, 5) is 18.6. The minimum atomic E-state index is -0.136. The van der Waals surface area contributed by atoms with Crippen LogP contribution in [0.4, 0.5) is 5.13 Å². The molecule has 1 aliphatic rings. The number of hydrogen-bond donors (Lipinski definition) is 1. The third kappa shape index (κ3) is 5.38. The Kier molecular flexibility index (Phi) is 7.38. The number of rotatable bonds is 8. The number of carbonyl (C=O) groups is 1. The Hall–Kier alpha value is -2.46. The highest BCUT2D eigenvalue weighted by molar-refractivity contribution is 7.99. The third-order valence-corrected chi connectivity index (χ3v) is 8.92. The number of thiazole rings is 1. The largest absolute Gasteiger partial charge is 0.301 e. The molecule has 6 nitrogen and oxygen atoms in total. The van der Waals surface area contributed by atoms with Gasteiger partial charge in [0.25, 0.3) is 0 Å². The predicted octanol–water partition coefficient (Wildman–Crippen LogP) is 6.83. The van der Waals surface area contributed by atoms with Crippen molar-refractivity contribution in [2.45, 2.75) is 37.9 Å². The SMILES string of the molecule is C=CCn1c(SCC(=O)Nc2nc(-c3ccc(Cl)cc3)cs2)nnc1-c1csc2c1CCC(C)C2. The fourth-order valence-corrected chi connectivity index (χ4v) is 6.98. The van der Waals surface area contributed by atoms with Crippen LogP contribution in [0.3, 0.4) is 0 Å². The highest BCUT2D eigenvalue weighted by atomic mass is 35.5. The zero-order valence-corrected chi connectivity index (χ0v) is 22.4. The molecule has 0 saturated carbocycles. The molecule has 0 fully saturated rings. The van der Waals surface area contributed by atoms with Gasteiger partial charge in [-0.2, -0.15) is 0 Å². The van der Waals surface area contributed by atoms with Gasteiger partial charge in [-0.15, -0.1) is 39.4 Å². The van der Waals surface area contributed by atoms with E-state index in [2.05, 4.69) is 39.4 Å². The Balaban J connectivity index is 1.26. The number of hydrogen-bond acceptors (Lipinski definition) is 7. The molecule has 1 amide bonds. The predicted molar refractivity (Wildman–Crippen MR) is 147 cm³/mol. The first-order valence-electron chi connectivity index (χ1n) is 11.3. The summed E-state index contributed by atoms with van der Waals surface area (Å²) in [6.07, 6.45) is 5.25. The average Bonchev–Trinajstić information content (AvgIpc) is 3.57.